The van der Waals surface area contributed by atoms with Crippen LogP contribution in [0.15, 0.2) is 54.3 Å². The van der Waals surface area contributed by atoms with Crippen molar-refractivity contribution in [1.82, 2.24) is 0 Å². The van der Waals surface area contributed by atoms with Gasteiger partial charge in [-0.2, -0.15) is 0 Å². The third kappa shape index (κ3) is 2.16. The molecule has 4 rings (SSSR count). The van der Waals surface area contributed by atoms with Crippen molar-refractivity contribution in [2.75, 3.05) is 14.2 Å². The number of phenols is 1. The lowest BCUT2D eigenvalue weighted by Crippen LogP contribution is -2.44. The van der Waals surface area contributed by atoms with Gasteiger partial charge in [0.15, 0.2) is 5.76 Å². The number of benzene rings is 2. The predicted molar refractivity (Wildman–Crippen MR) is 92.8 cm³/mol. The van der Waals surface area contributed by atoms with Crippen LogP contribution >= 0.6 is 0 Å². The maximum Gasteiger partial charge on any atom is 0.275 e. The molecule has 138 valence electrons. The summed E-state index contributed by atoms with van der Waals surface area (Å²) in [7, 11) is 2.78. The zero-order valence-electron chi connectivity index (χ0n) is 14.6. The minimum atomic E-state index is -2.31. The van der Waals surface area contributed by atoms with E-state index in [-0.39, 0.29) is 17.1 Å². The maximum absolute atomic E-state index is 13.2. The van der Waals surface area contributed by atoms with E-state index < -0.39 is 23.0 Å². The Morgan fingerprint density at radius 3 is 2.07 bits per heavy atom. The highest BCUT2D eigenvalue weighted by molar-refractivity contribution is 6.36. The molecule has 7 nitrogen and oxygen atoms in total. The smallest absolute Gasteiger partial charge is 0.275 e. The summed E-state index contributed by atoms with van der Waals surface area (Å²) in [5, 5.41) is 20.3. The molecule has 2 aliphatic rings. The molecular formula is C20H16O7. The number of methoxy groups -OCH3 is 2. The molecule has 2 unspecified atom stereocenters. The van der Waals surface area contributed by atoms with Gasteiger partial charge in [-0.1, -0.05) is 24.3 Å². The molecule has 2 aromatic carbocycles. The van der Waals surface area contributed by atoms with Gasteiger partial charge in [-0.3, -0.25) is 9.59 Å². The monoisotopic (exact) mass is 368 g/mol. The Morgan fingerprint density at radius 2 is 1.52 bits per heavy atom. The van der Waals surface area contributed by atoms with Gasteiger partial charge in [-0.05, 0) is 35.4 Å². The molecule has 0 amide bonds. The van der Waals surface area contributed by atoms with Crippen molar-refractivity contribution in [1.29, 1.82) is 0 Å². The van der Waals surface area contributed by atoms with Gasteiger partial charge in [0.05, 0.1) is 19.8 Å². The molecule has 2 atom stereocenters. The summed E-state index contributed by atoms with van der Waals surface area (Å²) in [5.41, 5.74) is -1.28. The number of hydrogen-bond acceptors (Lipinski definition) is 7. The normalized spacial score (nSPS) is 26.6. The molecule has 1 saturated heterocycles. The largest absolute Gasteiger partial charge is 0.508 e. The van der Waals surface area contributed by atoms with Crippen LogP contribution in [0.1, 0.15) is 11.1 Å². The van der Waals surface area contributed by atoms with Crippen LogP contribution in [0.3, 0.4) is 0 Å². The van der Waals surface area contributed by atoms with Gasteiger partial charge in [-0.15, -0.1) is 0 Å². The highest BCUT2D eigenvalue weighted by Gasteiger charge is 2.83. The molecule has 1 heterocycles. The molecule has 0 bridgehead atoms. The second-order valence-electron chi connectivity index (χ2n) is 6.27. The molecule has 7 heteroatoms. The standard InChI is InChI=1S/C20H16O7/c1-25-14-9-5-12(6-10-14)19-18(23)16(26-2)15(17(22)20(19,24)27-19)11-3-7-13(21)8-4-11/h3-10,21,24H,1-2H3. The number of aromatic hydroxyl groups is 1. The fourth-order valence-corrected chi connectivity index (χ4v) is 3.44. The van der Waals surface area contributed by atoms with E-state index in [0.717, 1.165) is 0 Å². The average Bonchev–Trinajstić information content (AvgIpc) is 3.35. The zero-order valence-corrected chi connectivity index (χ0v) is 14.6. The summed E-state index contributed by atoms with van der Waals surface area (Å²) in [4.78, 5) is 26.2. The van der Waals surface area contributed by atoms with Crippen LogP contribution in [0, 0.1) is 0 Å². The Hall–Kier alpha value is -3.16. The quantitative estimate of drug-likeness (QED) is 0.788. The number of rotatable bonds is 4. The number of phenolic OH excluding ortho intramolecular Hbond substituents is 1. The van der Waals surface area contributed by atoms with Crippen molar-refractivity contribution >= 4 is 17.1 Å². The van der Waals surface area contributed by atoms with Gasteiger partial charge in [0.2, 0.25) is 17.2 Å². The Bertz CT molecular complexity index is 974. The highest BCUT2D eigenvalue weighted by atomic mass is 16.8. The summed E-state index contributed by atoms with van der Waals surface area (Å²) in [6, 6.07) is 12.0. The van der Waals surface area contributed by atoms with Crippen LogP contribution in [0.4, 0.5) is 0 Å². The Kier molecular flexibility index (Phi) is 3.62. The molecule has 2 aromatic rings. The molecule has 1 fully saturated rings. The predicted octanol–water partition coefficient (Wildman–Crippen LogP) is 1.52. The van der Waals surface area contributed by atoms with E-state index in [1.54, 1.807) is 24.3 Å². The first-order valence-electron chi connectivity index (χ1n) is 8.13. The molecule has 1 aliphatic carbocycles. The number of hydrogen-bond donors (Lipinski definition) is 2. The minimum absolute atomic E-state index is 0.00173. The van der Waals surface area contributed by atoms with E-state index in [0.29, 0.717) is 16.9 Å². The lowest BCUT2D eigenvalue weighted by atomic mass is 9.77. The second kappa shape index (κ2) is 5.67. The second-order valence-corrected chi connectivity index (χ2v) is 6.27. The number of ketones is 2. The van der Waals surface area contributed by atoms with E-state index in [1.165, 1.54) is 38.5 Å². The van der Waals surface area contributed by atoms with E-state index in [1.807, 2.05) is 0 Å². The highest BCUT2D eigenvalue weighted by Crippen LogP contribution is 2.61. The van der Waals surface area contributed by atoms with E-state index in [4.69, 9.17) is 14.2 Å². The van der Waals surface area contributed by atoms with Crippen LogP contribution < -0.4 is 4.74 Å². The number of aliphatic hydroxyl groups is 1. The third-order valence-electron chi connectivity index (χ3n) is 4.88. The van der Waals surface area contributed by atoms with Crippen LogP contribution in [0.25, 0.3) is 5.57 Å². The van der Waals surface area contributed by atoms with Gasteiger partial charge >= 0.3 is 0 Å². The van der Waals surface area contributed by atoms with Gasteiger partial charge in [-0.25, -0.2) is 0 Å². The fraction of sp³-hybridized carbons (Fsp3) is 0.200. The number of carbonyl (C=O) groups is 2. The number of carbonyl (C=O) groups excluding carboxylic acids is 2. The SMILES string of the molecule is COC1=C(c2ccc(O)cc2)C(=O)C2(O)OC2(c2ccc(OC)cc2)C1=O. The molecular weight excluding hydrogens is 352 g/mol. The maximum atomic E-state index is 13.2. The lowest BCUT2D eigenvalue weighted by molar-refractivity contribution is -0.134. The first kappa shape index (κ1) is 17.3. The zero-order chi connectivity index (χ0) is 19.4. The third-order valence-corrected chi connectivity index (χ3v) is 4.88. The van der Waals surface area contributed by atoms with Crippen LogP contribution in [0.2, 0.25) is 0 Å². The number of ether oxygens (including phenoxy) is 3. The van der Waals surface area contributed by atoms with Crippen LogP contribution in [-0.2, 0) is 24.7 Å². The van der Waals surface area contributed by atoms with Crippen LogP contribution in [0.5, 0.6) is 11.5 Å². The van der Waals surface area contributed by atoms with E-state index in [9.17, 15) is 19.8 Å². The molecule has 1 aliphatic heterocycles. The van der Waals surface area contributed by atoms with Crippen molar-refractivity contribution in [2.45, 2.75) is 11.4 Å². The van der Waals surface area contributed by atoms with Crippen molar-refractivity contribution in [3.63, 3.8) is 0 Å². The van der Waals surface area contributed by atoms with Gasteiger partial charge < -0.3 is 24.4 Å². The topological polar surface area (TPSA) is 106 Å². The first-order valence-corrected chi connectivity index (χ1v) is 8.13. The van der Waals surface area contributed by atoms with E-state index >= 15 is 0 Å². The molecule has 2 N–H and O–H groups in total. The van der Waals surface area contributed by atoms with Crippen molar-refractivity contribution in [3.8, 4) is 11.5 Å². The Labute approximate surface area is 154 Å². The van der Waals surface area contributed by atoms with E-state index in [2.05, 4.69) is 0 Å². The van der Waals surface area contributed by atoms with Gasteiger partial charge in [0, 0.05) is 0 Å². The molecule has 0 spiro atoms. The molecule has 0 radical (unpaired) electrons. The number of epoxide rings is 1. The molecule has 0 aromatic heterocycles. The summed E-state index contributed by atoms with van der Waals surface area (Å²) < 4.78 is 15.7. The number of Topliss-reactive ketones (excluding diaryl/α,β-unsaturated/α-hetero) is 2. The van der Waals surface area contributed by atoms with Crippen molar-refractivity contribution < 1.29 is 34.0 Å². The Morgan fingerprint density at radius 1 is 0.889 bits per heavy atom. The Balaban J connectivity index is 1.87. The average molecular weight is 368 g/mol. The lowest BCUT2D eigenvalue weighted by Gasteiger charge is -2.24. The minimum Gasteiger partial charge on any atom is -0.508 e. The molecule has 0 saturated carbocycles. The summed E-state index contributed by atoms with van der Waals surface area (Å²) >= 11 is 0. The fourth-order valence-electron chi connectivity index (χ4n) is 3.44. The first-order chi connectivity index (χ1) is 12.9. The summed E-state index contributed by atoms with van der Waals surface area (Å²) in [6.45, 7) is 0. The summed E-state index contributed by atoms with van der Waals surface area (Å²) in [5.74, 6) is -3.39. The van der Waals surface area contributed by atoms with Crippen molar-refractivity contribution in [3.05, 3.63) is 65.4 Å². The van der Waals surface area contributed by atoms with Gasteiger partial charge in [0.25, 0.3) is 5.79 Å². The summed E-state index contributed by atoms with van der Waals surface area (Å²) in [6.07, 6.45) is 0. The van der Waals surface area contributed by atoms with Crippen LogP contribution in [-0.4, -0.2) is 41.8 Å². The van der Waals surface area contributed by atoms with Gasteiger partial charge in [0.1, 0.15) is 11.5 Å². The molecule has 27 heavy (non-hydrogen) atoms. The van der Waals surface area contributed by atoms with Crippen molar-refractivity contribution in [2.24, 2.45) is 0 Å². The number of fused-ring (bicyclic) bond motifs is 1.